The second kappa shape index (κ2) is 6.44. The van der Waals surface area contributed by atoms with Crippen LogP contribution in [0.4, 0.5) is 5.69 Å². The second-order valence-corrected chi connectivity index (χ2v) is 5.62. The lowest BCUT2D eigenvalue weighted by atomic mass is 10.1. The molecule has 1 aliphatic heterocycles. The zero-order chi connectivity index (χ0) is 13.0. The van der Waals surface area contributed by atoms with Gasteiger partial charge in [-0.05, 0) is 44.5 Å². The molecule has 1 aromatic rings. The number of hydrogen-bond acceptors (Lipinski definition) is 2. The van der Waals surface area contributed by atoms with Crippen LogP contribution < -0.4 is 10.2 Å². The lowest BCUT2D eigenvalue weighted by molar-refractivity contribution is 0.616. The largest absolute Gasteiger partial charge is 0.368 e. The van der Waals surface area contributed by atoms with Gasteiger partial charge in [0.2, 0.25) is 0 Å². The highest BCUT2D eigenvalue weighted by molar-refractivity contribution is 6.33. The van der Waals surface area contributed by atoms with Crippen LogP contribution in [0.2, 0.25) is 5.02 Å². The summed E-state index contributed by atoms with van der Waals surface area (Å²) < 4.78 is 0. The van der Waals surface area contributed by atoms with Crippen molar-refractivity contribution in [2.75, 3.05) is 18.5 Å². The molecule has 0 bridgehead atoms. The van der Waals surface area contributed by atoms with Crippen molar-refractivity contribution in [3.8, 4) is 0 Å². The zero-order valence-electron chi connectivity index (χ0n) is 11.4. The molecule has 1 unspecified atom stereocenters. The van der Waals surface area contributed by atoms with E-state index < -0.39 is 0 Å². The summed E-state index contributed by atoms with van der Waals surface area (Å²) >= 11 is 6.45. The van der Waals surface area contributed by atoms with E-state index in [0.717, 1.165) is 18.1 Å². The van der Waals surface area contributed by atoms with Gasteiger partial charge in [-0.25, -0.2) is 0 Å². The van der Waals surface area contributed by atoms with E-state index in [1.54, 1.807) is 0 Å². The molecule has 100 valence electrons. The Morgan fingerprint density at radius 1 is 1.33 bits per heavy atom. The van der Waals surface area contributed by atoms with Crippen LogP contribution in [0.25, 0.3) is 0 Å². The fraction of sp³-hybridized carbons (Fsp3) is 0.600. The number of nitrogens with zero attached hydrogens (tertiary/aromatic N) is 1. The average Bonchev–Trinajstić information content (AvgIpc) is 2.55. The van der Waals surface area contributed by atoms with Gasteiger partial charge in [0.15, 0.2) is 0 Å². The van der Waals surface area contributed by atoms with Crippen LogP contribution in [0.3, 0.4) is 0 Å². The van der Waals surface area contributed by atoms with Gasteiger partial charge < -0.3 is 10.2 Å². The van der Waals surface area contributed by atoms with Gasteiger partial charge in [-0.1, -0.05) is 30.5 Å². The maximum atomic E-state index is 6.45. The van der Waals surface area contributed by atoms with Gasteiger partial charge in [0, 0.05) is 19.1 Å². The number of nitrogens with one attached hydrogen (secondary N) is 1. The summed E-state index contributed by atoms with van der Waals surface area (Å²) in [7, 11) is 1.96. The van der Waals surface area contributed by atoms with Crippen LogP contribution >= 0.6 is 11.6 Å². The van der Waals surface area contributed by atoms with Crippen LogP contribution in [0.5, 0.6) is 0 Å². The number of halogens is 1. The quantitative estimate of drug-likeness (QED) is 0.895. The zero-order valence-corrected chi connectivity index (χ0v) is 12.1. The SMILES string of the molecule is CNCc1ccc(N2CCCCCC2C)c(Cl)c1. The molecule has 2 nitrogen and oxygen atoms in total. The van der Waals surface area contributed by atoms with Gasteiger partial charge >= 0.3 is 0 Å². The molecule has 2 rings (SSSR count). The first-order chi connectivity index (χ1) is 8.72. The third kappa shape index (κ3) is 3.18. The highest BCUT2D eigenvalue weighted by Crippen LogP contribution is 2.31. The van der Waals surface area contributed by atoms with Gasteiger partial charge in [0.1, 0.15) is 0 Å². The highest BCUT2D eigenvalue weighted by atomic mass is 35.5. The Bertz CT molecular complexity index is 392. The van der Waals surface area contributed by atoms with Gasteiger partial charge in [-0.15, -0.1) is 0 Å². The molecule has 1 heterocycles. The van der Waals surface area contributed by atoms with E-state index in [4.69, 9.17) is 11.6 Å². The lowest BCUT2D eigenvalue weighted by Crippen LogP contribution is -2.32. The van der Waals surface area contributed by atoms with E-state index in [0.29, 0.717) is 6.04 Å². The maximum Gasteiger partial charge on any atom is 0.0642 e. The molecule has 0 saturated carbocycles. The van der Waals surface area contributed by atoms with E-state index in [1.807, 2.05) is 7.05 Å². The number of rotatable bonds is 3. The molecular weight excluding hydrogens is 244 g/mol. The summed E-state index contributed by atoms with van der Waals surface area (Å²) in [6, 6.07) is 7.04. The van der Waals surface area contributed by atoms with Crippen molar-refractivity contribution in [2.24, 2.45) is 0 Å². The van der Waals surface area contributed by atoms with Gasteiger partial charge in [-0.2, -0.15) is 0 Å². The smallest absolute Gasteiger partial charge is 0.0642 e. The third-order valence-corrected chi connectivity index (χ3v) is 4.06. The molecule has 1 saturated heterocycles. The van der Waals surface area contributed by atoms with Crippen molar-refractivity contribution >= 4 is 17.3 Å². The summed E-state index contributed by atoms with van der Waals surface area (Å²) in [5.74, 6) is 0. The number of benzene rings is 1. The van der Waals surface area contributed by atoms with Crippen LogP contribution in [0.15, 0.2) is 18.2 Å². The number of anilines is 1. The lowest BCUT2D eigenvalue weighted by Gasteiger charge is -2.30. The minimum absolute atomic E-state index is 0.597. The molecule has 18 heavy (non-hydrogen) atoms. The van der Waals surface area contributed by atoms with Crippen LogP contribution in [-0.4, -0.2) is 19.6 Å². The average molecular weight is 267 g/mol. The fourth-order valence-corrected chi connectivity index (χ4v) is 3.04. The Morgan fingerprint density at radius 2 is 2.17 bits per heavy atom. The third-order valence-electron chi connectivity index (χ3n) is 3.76. The van der Waals surface area contributed by atoms with E-state index >= 15 is 0 Å². The van der Waals surface area contributed by atoms with E-state index in [1.165, 1.54) is 36.9 Å². The summed E-state index contributed by atoms with van der Waals surface area (Å²) in [6.45, 7) is 4.31. The fourth-order valence-electron chi connectivity index (χ4n) is 2.73. The Labute approximate surface area is 115 Å². The summed E-state index contributed by atoms with van der Waals surface area (Å²) in [5.41, 5.74) is 2.44. The van der Waals surface area contributed by atoms with Crippen molar-refractivity contribution in [3.05, 3.63) is 28.8 Å². The van der Waals surface area contributed by atoms with Crippen molar-refractivity contribution in [2.45, 2.75) is 45.2 Å². The van der Waals surface area contributed by atoms with Crippen molar-refractivity contribution < 1.29 is 0 Å². The van der Waals surface area contributed by atoms with Crippen LogP contribution in [0.1, 0.15) is 38.2 Å². The summed E-state index contributed by atoms with van der Waals surface area (Å²) in [6.07, 6.45) is 5.23. The molecule has 1 N–H and O–H groups in total. The Morgan fingerprint density at radius 3 is 2.89 bits per heavy atom. The minimum Gasteiger partial charge on any atom is -0.368 e. The highest BCUT2D eigenvalue weighted by Gasteiger charge is 2.19. The molecule has 1 aromatic carbocycles. The monoisotopic (exact) mass is 266 g/mol. The molecule has 0 aromatic heterocycles. The topological polar surface area (TPSA) is 15.3 Å². The molecule has 0 radical (unpaired) electrons. The van der Waals surface area contributed by atoms with E-state index in [-0.39, 0.29) is 0 Å². The molecule has 1 atom stereocenters. The molecule has 1 aliphatic rings. The predicted molar refractivity (Wildman–Crippen MR) is 79.5 cm³/mol. The van der Waals surface area contributed by atoms with Crippen molar-refractivity contribution in [3.63, 3.8) is 0 Å². The molecule has 1 fully saturated rings. The predicted octanol–water partition coefficient (Wildman–Crippen LogP) is 3.83. The van der Waals surface area contributed by atoms with Gasteiger partial charge in [-0.3, -0.25) is 0 Å². The van der Waals surface area contributed by atoms with E-state index in [2.05, 4.69) is 35.3 Å². The molecule has 3 heteroatoms. The van der Waals surface area contributed by atoms with Gasteiger partial charge in [0.05, 0.1) is 10.7 Å². The molecular formula is C15H23ClN2. The van der Waals surface area contributed by atoms with Crippen molar-refractivity contribution in [1.29, 1.82) is 0 Å². The van der Waals surface area contributed by atoms with Gasteiger partial charge in [0.25, 0.3) is 0 Å². The number of hydrogen-bond donors (Lipinski definition) is 1. The summed E-state index contributed by atoms with van der Waals surface area (Å²) in [5, 5.41) is 4.04. The Balaban J connectivity index is 2.20. The second-order valence-electron chi connectivity index (χ2n) is 5.21. The van der Waals surface area contributed by atoms with Crippen LogP contribution in [0, 0.1) is 0 Å². The summed E-state index contributed by atoms with van der Waals surface area (Å²) in [4.78, 5) is 2.47. The standard InChI is InChI=1S/C15H23ClN2/c1-12-6-4-3-5-9-18(12)15-8-7-13(11-17-2)10-14(15)16/h7-8,10,12,17H,3-6,9,11H2,1-2H3. The first-order valence-corrected chi connectivity index (χ1v) is 7.30. The van der Waals surface area contributed by atoms with E-state index in [9.17, 15) is 0 Å². The Hall–Kier alpha value is -0.730. The van der Waals surface area contributed by atoms with Crippen molar-refractivity contribution in [1.82, 2.24) is 5.32 Å². The normalized spacial score (nSPS) is 20.8. The maximum absolute atomic E-state index is 6.45. The molecule has 0 aliphatic carbocycles. The first-order valence-electron chi connectivity index (χ1n) is 6.92. The minimum atomic E-state index is 0.597. The van der Waals surface area contributed by atoms with Crippen LogP contribution in [-0.2, 0) is 6.54 Å². The Kier molecular flexibility index (Phi) is 4.90. The molecule has 0 spiro atoms. The molecule has 0 amide bonds. The first kappa shape index (κ1) is 13.7.